The summed E-state index contributed by atoms with van der Waals surface area (Å²) in [5.41, 5.74) is 1.41. The van der Waals surface area contributed by atoms with Crippen molar-refractivity contribution in [3.8, 4) is 0 Å². The van der Waals surface area contributed by atoms with Crippen LogP contribution in [0.4, 0.5) is 0 Å². The van der Waals surface area contributed by atoms with Gasteiger partial charge in [-0.05, 0) is 41.4 Å². The molecule has 0 aromatic rings. The van der Waals surface area contributed by atoms with E-state index >= 15 is 0 Å². The molecule has 1 rings (SSSR count). The SMILES string of the molecule is CC(CO)CC1(C)CC1(C)CC(C)(C)C. The van der Waals surface area contributed by atoms with Crippen LogP contribution in [-0.2, 0) is 0 Å². The predicted octanol–water partition coefficient (Wildman–Crippen LogP) is 3.86. The third kappa shape index (κ3) is 2.96. The smallest absolute Gasteiger partial charge is 0.0456 e. The van der Waals surface area contributed by atoms with Gasteiger partial charge in [0.05, 0.1) is 0 Å². The van der Waals surface area contributed by atoms with Gasteiger partial charge in [0, 0.05) is 6.61 Å². The van der Waals surface area contributed by atoms with Gasteiger partial charge in [-0.2, -0.15) is 0 Å². The average Bonchev–Trinajstić information content (AvgIpc) is 2.47. The van der Waals surface area contributed by atoms with E-state index in [1.165, 1.54) is 19.3 Å². The monoisotopic (exact) mass is 212 g/mol. The summed E-state index contributed by atoms with van der Waals surface area (Å²) >= 11 is 0. The summed E-state index contributed by atoms with van der Waals surface area (Å²) in [5, 5.41) is 9.13. The van der Waals surface area contributed by atoms with Gasteiger partial charge in [0.15, 0.2) is 0 Å². The fraction of sp³-hybridized carbons (Fsp3) is 1.00. The second-order valence-electron chi connectivity index (χ2n) is 7.53. The van der Waals surface area contributed by atoms with Gasteiger partial charge in [-0.15, -0.1) is 0 Å². The minimum Gasteiger partial charge on any atom is -0.396 e. The molecule has 1 saturated carbocycles. The largest absolute Gasteiger partial charge is 0.396 e. The van der Waals surface area contributed by atoms with E-state index in [1.54, 1.807) is 0 Å². The Bertz CT molecular complexity index is 228. The first-order valence-corrected chi connectivity index (χ1v) is 6.23. The van der Waals surface area contributed by atoms with Gasteiger partial charge < -0.3 is 5.11 Å². The van der Waals surface area contributed by atoms with E-state index < -0.39 is 0 Å². The number of aliphatic hydroxyl groups is 1. The lowest BCUT2D eigenvalue weighted by atomic mass is 9.77. The van der Waals surface area contributed by atoms with Gasteiger partial charge in [-0.3, -0.25) is 0 Å². The zero-order chi connectivity index (χ0) is 11.9. The molecule has 0 spiro atoms. The molecule has 90 valence electrons. The van der Waals surface area contributed by atoms with Crippen LogP contribution in [0.3, 0.4) is 0 Å². The molecule has 0 heterocycles. The Morgan fingerprint density at radius 3 is 2.13 bits per heavy atom. The molecule has 0 bridgehead atoms. The third-order valence-electron chi connectivity index (χ3n) is 4.14. The van der Waals surface area contributed by atoms with Crippen molar-refractivity contribution in [2.24, 2.45) is 22.2 Å². The quantitative estimate of drug-likeness (QED) is 0.750. The number of rotatable bonds is 4. The summed E-state index contributed by atoms with van der Waals surface area (Å²) < 4.78 is 0. The van der Waals surface area contributed by atoms with Gasteiger partial charge in [0.1, 0.15) is 0 Å². The van der Waals surface area contributed by atoms with E-state index in [0.717, 1.165) is 0 Å². The van der Waals surface area contributed by atoms with Crippen LogP contribution in [-0.4, -0.2) is 11.7 Å². The fourth-order valence-corrected chi connectivity index (χ4v) is 3.42. The van der Waals surface area contributed by atoms with Crippen LogP contribution in [0, 0.1) is 22.2 Å². The summed E-state index contributed by atoms with van der Waals surface area (Å²) in [5.74, 6) is 0.455. The first kappa shape index (κ1) is 13.0. The van der Waals surface area contributed by atoms with Crippen molar-refractivity contribution in [1.29, 1.82) is 0 Å². The average molecular weight is 212 g/mol. The van der Waals surface area contributed by atoms with E-state index in [0.29, 0.717) is 28.8 Å². The second-order valence-corrected chi connectivity index (χ2v) is 7.53. The maximum atomic E-state index is 9.13. The Balaban J connectivity index is 2.55. The molecule has 3 atom stereocenters. The molecule has 0 amide bonds. The zero-order valence-corrected chi connectivity index (χ0v) is 11.4. The summed E-state index contributed by atoms with van der Waals surface area (Å²) in [6.45, 7) is 14.3. The topological polar surface area (TPSA) is 20.2 Å². The Kier molecular flexibility index (Phi) is 3.27. The lowest BCUT2D eigenvalue weighted by Crippen LogP contribution is -2.19. The lowest BCUT2D eigenvalue weighted by Gasteiger charge is -2.28. The van der Waals surface area contributed by atoms with Crippen LogP contribution >= 0.6 is 0 Å². The molecular formula is C14H28O. The van der Waals surface area contributed by atoms with Crippen molar-refractivity contribution in [3.63, 3.8) is 0 Å². The molecule has 1 aliphatic rings. The number of hydrogen-bond donors (Lipinski definition) is 1. The Morgan fingerprint density at radius 2 is 1.73 bits per heavy atom. The Hall–Kier alpha value is -0.0400. The first-order chi connectivity index (χ1) is 6.62. The van der Waals surface area contributed by atoms with Crippen LogP contribution in [0.1, 0.15) is 60.8 Å². The molecule has 1 aliphatic carbocycles. The molecule has 0 radical (unpaired) electrons. The van der Waals surface area contributed by atoms with Crippen molar-refractivity contribution in [3.05, 3.63) is 0 Å². The van der Waals surface area contributed by atoms with E-state index in [9.17, 15) is 0 Å². The molecule has 15 heavy (non-hydrogen) atoms. The highest BCUT2D eigenvalue weighted by molar-refractivity contribution is 5.10. The standard InChI is InChI=1S/C14H28O/c1-11(8-15)7-13(5)10-14(13,6)9-12(2,3)4/h11,15H,7-10H2,1-6H3. The van der Waals surface area contributed by atoms with Crippen LogP contribution < -0.4 is 0 Å². The minimum atomic E-state index is 0.335. The highest BCUT2D eigenvalue weighted by Gasteiger charge is 2.61. The summed E-state index contributed by atoms with van der Waals surface area (Å²) in [7, 11) is 0. The van der Waals surface area contributed by atoms with Gasteiger partial charge in [-0.25, -0.2) is 0 Å². The lowest BCUT2D eigenvalue weighted by molar-refractivity contribution is 0.179. The molecule has 3 unspecified atom stereocenters. The fourth-order valence-electron chi connectivity index (χ4n) is 3.42. The van der Waals surface area contributed by atoms with E-state index in [1.807, 2.05) is 0 Å². The molecular weight excluding hydrogens is 184 g/mol. The zero-order valence-electron chi connectivity index (χ0n) is 11.4. The maximum absolute atomic E-state index is 9.13. The summed E-state index contributed by atoms with van der Waals surface area (Å²) in [6, 6.07) is 0. The Labute approximate surface area is 95.3 Å². The molecule has 1 fully saturated rings. The van der Waals surface area contributed by atoms with Crippen LogP contribution in [0.2, 0.25) is 0 Å². The molecule has 0 saturated heterocycles. The van der Waals surface area contributed by atoms with Gasteiger partial charge in [-0.1, -0.05) is 41.5 Å². The van der Waals surface area contributed by atoms with Gasteiger partial charge in [0.2, 0.25) is 0 Å². The Morgan fingerprint density at radius 1 is 1.20 bits per heavy atom. The second kappa shape index (κ2) is 3.76. The third-order valence-corrected chi connectivity index (χ3v) is 4.14. The van der Waals surface area contributed by atoms with Crippen molar-refractivity contribution < 1.29 is 5.11 Å². The van der Waals surface area contributed by atoms with E-state index in [-0.39, 0.29) is 0 Å². The normalized spacial score (nSPS) is 37.8. The van der Waals surface area contributed by atoms with Crippen LogP contribution in [0.5, 0.6) is 0 Å². The molecule has 0 aromatic heterocycles. The molecule has 0 aromatic carbocycles. The maximum Gasteiger partial charge on any atom is 0.0456 e. The van der Waals surface area contributed by atoms with Crippen molar-refractivity contribution in [1.82, 2.24) is 0 Å². The molecule has 1 N–H and O–H groups in total. The van der Waals surface area contributed by atoms with E-state index in [4.69, 9.17) is 5.11 Å². The molecule has 1 heteroatoms. The predicted molar refractivity (Wildman–Crippen MR) is 65.8 cm³/mol. The van der Waals surface area contributed by atoms with Gasteiger partial charge in [0.25, 0.3) is 0 Å². The van der Waals surface area contributed by atoms with E-state index in [2.05, 4.69) is 41.5 Å². The van der Waals surface area contributed by atoms with Gasteiger partial charge >= 0.3 is 0 Å². The highest BCUT2D eigenvalue weighted by Crippen LogP contribution is 2.70. The van der Waals surface area contributed by atoms with Crippen LogP contribution in [0.25, 0.3) is 0 Å². The summed E-state index contributed by atoms with van der Waals surface area (Å²) in [6.07, 6.45) is 3.81. The van der Waals surface area contributed by atoms with Crippen molar-refractivity contribution >= 4 is 0 Å². The van der Waals surface area contributed by atoms with Crippen molar-refractivity contribution in [2.75, 3.05) is 6.61 Å². The molecule has 1 nitrogen and oxygen atoms in total. The summed E-state index contributed by atoms with van der Waals surface area (Å²) in [4.78, 5) is 0. The van der Waals surface area contributed by atoms with Crippen LogP contribution in [0.15, 0.2) is 0 Å². The minimum absolute atomic E-state index is 0.335. The first-order valence-electron chi connectivity index (χ1n) is 6.23. The van der Waals surface area contributed by atoms with Crippen molar-refractivity contribution in [2.45, 2.75) is 60.8 Å². The molecule has 0 aliphatic heterocycles. The highest BCUT2D eigenvalue weighted by atomic mass is 16.3. The number of hydrogen-bond acceptors (Lipinski definition) is 1. The number of aliphatic hydroxyl groups excluding tert-OH is 1.